The normalized spacial score (nSPS) is 12.2. The van der Waals surface area contributed by atoms with Crippen LogP contribution in [0.15, 0.2) is 23.1 Å². The third-order valence-corrected chi connectivity index (χ3v) is 4.32. The number of rotatable bonds is 6. The molecule has 0 amide bonds. The zero-order chi connectivity index (χ0) is 15.6. The topological polar surface area (TPSA) is 125 Å². The summed E-state index contributed by atoms with van der Waals surface area (Å²) in [7, 11) is -2.72. The van der Waals surface area contributed by atoms with Crippen molar-refractivity contribution >= 4 is 15.7 Å². The zero-order valence-corrected chi connectivity index (χ0v) is 12.2. The standard InChI is InChI=1S/C11H17N3O5S/c1-11(2,7-12)13-20(17,18)10-5-4-8(19-3)6-9(10)14(15)16/h4-6,13H,7,12H2,1-3H3. The fourth-order valence-corrected chi connectivity index (χ4v) is 3.03. The Kier molecular flexibility index (Phi) is 4.69. The Labute approximate surface area is 117 Å². The van der Waals surface area contributed by atoms with Crippen LogP contribution in [0.2, 0.25) is 0 Å². The molecule has 0 bridgehead atoms. The van der Waals surface area contributed by atoms with Gasteiger partial charge in [-0.3, -0.25) is 10.1 Å². The van der Waals surface area contributed by atoms with E-state index in [0.29, 0.717) is 0 Å². The molecule has 0 aliphatic rings. The molecule has 0 aliphatic carbocycles. The van der Waals surface area contributed by atoms with E-state index in [9.17, 15) is 18.5 Å². The van der Waals surface area contributed by atoms with Gasteiger partial charge in [0.1, 0.15) is 5.75 Å². The number of nitrogens with one attached hydrogen (secondary N) is 1. The van der Waals surface area contributed by atoms with Gasteiger partial charge in [0.05, 0.1) is 18.1 Å². The van der Waals surface area contributed by atoms with Crippen LogP contribution in [0.3, 0.4) is 0 Å². The maximum atomic E-state index is 12.2. The minimum Gasteiger partial charge on any atom is -0.497 e. The molecule has 0 saturated heterocycles. The third kappa shape index (κ3) is 3.65. The Bertz CT molecular complexity index is 612. The summed E-state index contributed by atoms with van der Waals surface area (Å²) in [5.74, 6) is 0.203. The highest BCUT2D eigenvalue weighted by Crippen LogP contribution is 2.28. The monoisotopic (exact) mass is 303 g/mol. The molecule has 20 heavy (non-hydrogen) atoms. The molecule has 1 aromatic rings. The minimum absolute atomic E-state index is 0.0518. The van der Waals surface area contributed by atoms with Crippen molar-refractivity contribution in [1.29, 1.82) is 0 Å². The highest BCUT2D eigenvalue weighted by atomic mass is 32.2. The van der Waals surface area contributed by atoms with Crippen LogP contribution in [0.5, 0.6) is 5.75 Å². The lowest BCUT2D eigenvalue weighted by Gasteiger charge is -2.23. The number of benzene rings is 1. The van der Waals surface area contributed by atoms with E-state index >= 15 is 0 Å². The average Bonchev–Trinajstić information content (AvgIpc) is 2.36. The van der Waals surface area contributed by atoms with E-state index in [2.05, 4.69) is 4.72 Å². The van der Waals surface area contributed by atoms with Gasteiger partial charge in [-0.2, -0.15) is 0 Å². The van der Waals surface area contributed by atoms with Crippen LogP contribution in [0.25, 0.3) is 0 Å². The second kappa shape index (κ2) is 5.73. The number of methoxy groups -OCH3 is 1. The molecule has 0 aliphatic heterocycles. The predicted octanol–water partition coefficient (Wildman–Crippen LogP) is 0.619. The summed E-state index contributed by atoms with van der Waals surface area (Å²) >= 11 is 0. The van der Waals surface area contributed by atoms with Crippen molar-refractivity contribution in [2.75, 3.05) is 13.7 Å². The number of nitro benzene ring substituents is 1. The molecule has 0 aromatic heterocycles. The summed E-state index contributed by atoms with van der Waals surface area (Å²) in [5.41, 5.74) is 3.99. The number of nitrogens with two attached hydrogens (primary N) is 1. The van der Waals surface area contributed by atoms with E-state index in [1.54, 1.807) is 13.8 Å². The van der Waals surface area contributed by atoms with E-state index in [0.717, 1.165) is 12.1 Å². The number of sulfonamides is 1. The maximum absolute atomic E-state index is 12.2. The predicted molar refractivity (Wildman–Crippen MR) is 73.1 cm³/mol. The van der Waals surface area contributed by atoms with Crippen molar-refractivity contribution in [2.45, 2.75) is 24.3 Å². The molecule has 0 saturated carbocycles. The first kappa shape index (κ1) is 16.3. The Balaban J connectivity index is 3.35. The summed E-state index contributed by atoms with van der Waals surface area (Å²) in [6, 6.07) is 3.53. The fraction of sp³-hybridized carbons (Fsp3) is 0.455. The Morgan fingerprint density at radius 1 is 1.45 bits per heavy atom. The zero-order valence-electron chi connectivity index (χ0n) is 11.4. The van der Waals surface area contributed by atoms with Gasteiger partial charge >= 0.3 is 0 Å². The molecule has 0 fully saturated rings. The van der Waals surface area contributed by atoms with Gasteiger partial charge in [-0.1, -0.05) is 0 Å². The van der Waals surface area contributed by atoms with Crippen LogP contribution >= 0.6 is 0 Å². The van der Waals surface area contributed by atoms with Crippen molar-refractivity contribution in [3.05, 3.63) is 28.3 Å². The van der Waals surface area contributed by atoms with Crippen LogP contribution in [-0.4, -0.2) is 32.5 Å². The first-order valence-corrected chi connectivity index (χ1v) is 7.18. The van der Waals surface area contributed by atoms with Gasteiger partial charge in [0.2, 0.25) is 10.0 Å². The van der Waals surface area contributed by atoms with Crippen molar-refractivity contribution in [2.24, 2.45) is 5.73 Å². The second-order valence-electron chi connectivity index (χ2n) is 4.78. The summed E-state index contributed by atoms with van der Waals surface area (Å²) < 4.78 is 31.6. The number of nitrogens with zero attached hydrogens (tertiary/aromatic N) is 1. The van der Waals surface area contributed by atoms with Gasteiger partial charge in [0, 0.05) is 12.1 Å². The quantitative estimate of drug-likeness (QED) is 0.586. The minimum atomic E-state index is -4.06. The molecule has 9 heteroatoms. The highest BCUT2D eigenvalue weighted by Gasteiger charge is 2.31. The highest BCUT2D eigenvalue weighted by molar-refractivity contribution is 7.89. The van der Waals surface area contributed by atoms with Crippen molar-refractivity contribution in [3.63, 3.8) is 0 Å². The number of hydrogen-bond acceptors (Lipinski definition) is 6. The van der Waals surface area contributed by atoms with Gasteiger partial charge in [-0.05, 0) is 26.0 Å². The largest absolute Gasteiger partial charge is 0.497 e. The fourth-order valence-electron chi connectivity index (χ4n) is 1.45. The van der Waals surface area contributed by atoms with Crippen LogP contribution in [0, 0.1) is 10.1 Å². The van der Waals surface area contributed by atoms with Crippen LogP contribution in [-0.2, 0) is 10.0 Å². The Morgan fingerprint density at radius 2 is 2.05 bits per heavy atom. The lowest BCUT2D eigenvalue weighted by Crippen LogP contribution is -2.48. The average molecular weight is 303 g/mol. The lowest BCUT2D eigenvalue weighted by molar-refractivity contribution is -0.387. The van der Waals surface area contributed by atoms with Gasteiger partial charge in [0.15, 0.2) is 4.90 Å². The molecule has 1 aromatic carbocycles. The van der Waals surface area contributed by atoms with Crippen molar-refractivity contribution in [3.8, 4) is 5.75 Å². The summed E-state index contributed by atoms with van der Waals surface area (Å²) in [6.45, 7) is 3.22. The van der Waals surface area contributed by atoms with Crippen molar-refractivity contribution < 1.29 is 18.1 Å². The summed E-state index contributed by atoms with van der Waals surface area (Å²) in [6.07, 6.45) is 0. The molecule has 0 spiro atoms. The molecule has 112 valence electrons. The number of nitro groups is 1. The van der Waals surface area contributed by atoms with Crippen molar-refractivity contribution in [1.82, 2.24) is 4.72 Å². The molecule has 1 rings (SSSR count). The van der Waals surface area contributed by atoms with Gasteiger partial charge in [-0.25, -0.2) is 13.1 Å². The van der Waals surface area contributed by atoms with E-state index in [4.69, 9.17) is 10.5 Å². The van der Waals surface area contributed by atoms with E-state index in [1.165, 1.54) is 13.2 Å². The SMILES string of the molecule is COc1ccc(S(=O)(=O)NC(C)(C)CN)c([N+](=O)[O-])c1. The van der Waals surface area contributed by atoms with Gasteiger partial charge in [-0.15, -0.1) is 0 Å². The molecule has 3 N–H and O–H groups in total. The van der Waals surface area contributed by atoms with E-state index in [1.807, 2.05) is 0 Å². The number of hydrogen-bond donors (Lipinski definition) is 2. The van der Waals surface area contributed by atoms with Crippen LogP contribution < -0.4 is 15.2 Å². The second-order valence-corrected chi connectivity index (χ2v) is 6.44. The maximum Gasteiger partial charge on any atom is 0.293 e. The Morgan fingerprint density at radius 3 is 2.50 bits per heavy atom. The van der Waals surface area contributed by atoms with Crippen LogP contribution in [0.1, 0.15) is 13.8 Å². The lowest BCUT2D eigenvalue weighted by atomic mass is 10.1. The molecule has 0 radical (unpaired) electrons. The molecule has 0 unspecified atom stereocenters. The first-order chi connectivity index (χ1) is 9.13. The van der Waals surface area contributed by atoms with Gasteiger partial charge < -0.3 is 10.5 Å². The first-order valence-electron chi connectivity index (χ1n) is 5.69. The molecule has 0 heterocycles. The molecule has 8 nitrogen and oxygen atoms in total. The molecular weight excluding hydrogens is 286 g/mol. The number of ether oxygens (including phenoxy) is 1. The third-order valence-electron chi connectivity index (χ3n) is 2.57. The smallest absolute Gasteiger partial charge is 0.293 e. The molecular formula is C11H17N3O5S. The molecule has 0 atom stereocenters. The summed E-state index contributed by atoms with van der Waals surface area (Å²) in [4.78, 5) is 9.81. The van der Waals surface area contributed by atoms with Crippen LogP contribution in [0.4, 0.5) is 5.69 Å². The Hall–Kier alpha value is -1.71. The summed E-state index contributed by atoms with van der Waals surface area (Å²) in [5, 5.41) is 11.0. The van der Waals surface area contributed by atoms with E-state index in [-0.39, 0.29) is 12.3 Å². The van der Waals surface area contributed by atoms with Gasteiger partial charge in [0.25, 0.3) is 5.69 Å². The van der Waals surface area contributed by atoms with E-state index < -0.39 is 31.1 Å².